The van der Waals surface area contributed by atoms with Gasteiger partial charge in [0, 0.05) is 24.4 Å². The van der Waals surface area contributed by atoms with E-state index in [1.54, 1.807) is 55.9 Å². The van der Waals surface area contributed by atoms with Gasteiger partial charge in [-0.3, -0.25) is 4.79 Å². The van der Waals surface area contributed by atoms with Crippen molar-refractivity contribution in [1.29, 1.82) is 0 Å². The number of rotatable bonds is 6. The topological polar surface area (TPSA) is 112 Å². The van der Waals surface area contributed by atoms with E-state index in [0.29, 0.717) is 34.2 Å². The number of esters is 1. The second-order valence-electron chi connectivity index (χ2n) is 7.47. The minimum absolute atomic E-state index is 0.279. The van der Waals surface area contributed by atoms with Crippen LogP contribution >= 0.6 is 0 Å². The molecule has 0 aliphatic heterocycles. The van der Waals surface area contributed by atoms with Gasteiger partial charge in [0.15, 0.2) is 0 Å². The Hall–Kier alpha value is -4.27. The van der Waals surface area contributed by atoms with Crippen molar-refractivity contribution < 1.29 is 18.8 Å². The first-order chi connectivity index (χ1) is 15.9. The summed E-state index contributed by atoms with van der Waals surface area (Å²) in [5.41, 5.74) is 4.37. The molecule has 0 unspecified atom stereocenters. The van der Waals surface area contributed by atoms with Gasteiger partial charge >= 0.3 is 5.97 Å². The van der Waals surface area contributed by atoms with Crippen molar-refractivity contribution in [3.63, 3.8) is 0 Å². The fraction of sp³-hybridized carbons (Fsp3) is 0.208. The van der Waals surface area contributed by atoms with Crippen molar-refractivity contribution in [2.75, 3.05) is 11.9 Å². The van der Waals surface area contributed by atoms with Crippen LogP contribution in [0.5, 0.6) is 0 Å². The van der Waals surface area contributed by atoms with Gasteiger partial charge in [-0.1, -0.05) is 23.4 Å². The smallest absolute Gasteiger partial charge is 0.338 e. The number of carbonyl (C=O) groups is 2. The third-order valence-electron chi connectivity index (χ3n) is 5.02. The molecule has 1 amide bonds. The average Bonchev–Trinajstić information content (AvgIpc) is 3.40. The number of nitrogens with one attached hydrogen (secondary N) is 1. The highest BCUT2D eigenvalue weighted by Gasteiger charge is 2.17. The number of hydrogen-bond donors (Lipinski definition) is 1. The summed E-state index contributed by atoms with van der Waals surface area (Å²) in [7, 11) is 0. The van der Waals surface area contributed by atoms with Crippen LogP contribution in [0.15, 0.2) is 53.2 Å². The standard InChI is InChI=1S/C24H23N5O4/c1-5-32-24(31)18-7-6-8-19(11-18)26-23(30)20-13-29(27-15(20)3)21-12-17(10-9-14(21)2)22-25-16(4)33-28-22/h6-13H,5H2,1-4H3,(H,26,30). The Labute approximate surface area is 190 Å². The normalized spacial score (nSPS) is 10.8. The fourth-order valence-corrected chi connectivity index (χ4v) is 3.35. The van der Waals surface area contributed by atoms with E-state index < -0.39 is 5.97 Å². The molecule has 0 atom stereocenters. The average molecular weight is 445 g/mol. The lowest BCUT2D eigenvalue weighted by atomic mass is 10.1. The van der Waals surface area contributed by atoms with Crippen LogP contribution in [0.4, 0.5) is 5.69 Å². The van der Waals surface area contributed by atoms with Crippen molar-refractivity contribution >= 4 is 17.6 Å². The van der Waals surface area contributed by atoms with Crippen LogP contribution in [0, 0.1) is 20.8 Å². The zero-order valence-electron chi connectivity index (χ0n) is 18.7. The first-order valence-electron chi connectivity index (χ1n) is 10.4. The van der Waals surface area contributed by atoms with E-state index >= 15 is 0 Å². The molecule has 9 nitrogen and oxygen atoms in total. The molecule has 0 spiro atoms. The minimum atomic E-state index is -0.440. The molecule has 2 aromatic carbocycles. The Morgan fingerprint density at radius 3 is 2.67 bits per heavy atom. The molecule has 33 heavy (non-hydrogen) atoms. The molecule has 0 saturated carbocycles. The van der Waals surface area contributed by atoms with Crippen molar-refractivity contribution in [1.82, 2.24) is 19.9 Å². The monoisotopic (exact) mass is 445 g/mol. The summed E-state index contributed by atoms with van der Waals surface area (Å²) >= 11 is 0. The molecule has 2 heterocycles. The van der Waals surface area contributed by atoms with Gasteiger partial charge in [0.25, 0.3) is 5.91 Å². The van der Waals surface area contributed by atoms with Crippen LogP contribution in [-0.4, -0.2) is 38.4 Å². The molecule has 1 N–H and O–H groups in total. The van der Waals surface area contributed by atoms with Crippen LogP contribution in [0.2, 0.25) is 0 Å². The highest BCUT2D eigenvalue weighted by Crippen LogP contribution is 2.24. The van der Waals surface area contributed by atoms with Gasteiger partial charge in [0.1, 0.15) is 0 Å². The van der Waals surface area contributed by atoms with Crippen molar-refractivity contribution in [2.24, 2.45) is 0 Å². The van der Waals surface area contributed by atoms with Gasteiger partial charge in [-0.15, -0.1) is 0 Å². The van der Waals surface area contributed by atoms with Gasteiger partial charge in [-0.2, -0.15) is 10.1 Å². The maximum Gasteiger partial charge on any atom is 0.338 e. The predicted octanol–water partition coefficient (Wildman–Crippen LogP) is 4.28. The number of carbonyl (C=O) groups excluding carboxylic acids is 2. The summed E-state index contributed by atoms with van der Waals surface area (Å²) in [5.74, 6) is 0.192. The van der Waals surface area contributed by atoms with Gasteiger partial charge in [-0.25, -0.2) is 9.48 Å². The molecule has 0 saturated heterocycles. The molecule has 4 rings (SSSR count). The van der Waals surface area contributed by atoms with Gasteiger partial charge in [0.05, 0.1) is 29.1 Å². The van der Waals surface area contributed by atoms with E-state index in [1.165, 1.54) is 0 Å². The Bertz CT molecular complexity index is 1340. The first-order valence-corrected chi connectivity index (χ1v) is 10.4. The lowest BCUT2D eigenvalue weighted by Crippen LogP contribution is -2.13. The Balaban J connectivity index is 1.60. The molecule has 0 radical (unpaired) electrons. The zero-order valence-corrected chi connectivity index (χ0v) is 18.7. The summed E-state index contributed by atoms with van der Waals surface area (Å²) in [5, 5.41) is 11.3. The van der Waals surface area contributed by atoms with Gasteiger partial charge in [-0.05, 0) is 50.6 Å². The number of nitrogens with zero attached hydrogens (tertiary/aromatic N) is 4. The quantitative estimate of drug-likeness (QED) is 0.441. The second-order valence-corrected chi connectivity index (χ2v) is 7.47. The van der Waals surface area contributed by atoms with Crippen LogP contribution < -0.4 is 5.32 Å². The van der Waals surface area contributed by atoms with Crippen LogP contribution in [0.3, 0.4) is 0 Å². The lowest BCUT2D eigenvalue weighted by molar-refractivity contribution is 0.0526. The highest BCUT2D eigenvalue weighted by molar-refractivity contribution is 6.05. The molecule has 4 aromatic rings. The van der Waals surface area contributed by atoms with Crippen LogP contribution in [-0.2, 0) is 4.74 Å². The first kappa shape index (κ1) is 21.9. The van der Waals surface area contributed by atoms with Gasteiger partial charge in [0.2, 0.25) is 11.7 Å². The molecular formula is C24H23N5O4. The summed E-state index contributed by atoms with van der Waals surface area (Å²) in [6.07, 6.45) is 1.67. The SMILES string of the molecule is CCOC(=O)c1cccc(NC(=O)c2cn(-c3cc(-c4noc(C)n4)ccc3C)nc2C)c1. The number of anilines is 1. The second kappa shape index (κ2) is 9.07. The van der Waals surface area contributed by atoms with E-state index in [9.17, 15) is 9.59 Å². The number of ether oxygens (including phenoxy) is 1. The summed E-state index contributed by atoms with van der Waals surface area (Å²) in [6.45, 7) is 7.47. The molecular weight excluding hydrogens is 422 g/mol. The van der Waals surface area contributed by atoms with Gasteiger partial charge < -0.3 is 14.6 Å². The summed E-state index contributed by atoms with van der Waals surface area (Å²) < 4.78 is 11.8. The van der Waals surface area contributed by atoms with E-state index in [2.05, 4.69) is 20.6 Å². The number of hydrogen-bond acceptors (Lipinski definition) is 7. The van der Waals surface area contributed by atoms with Crippen molar-refractivity contribution in [3.8, 4) is 17.1 Å². The van der Waals surface area contributed by atoms with Crippen LogP contribution in [0.1, 0.15) is 44.8 Å². The third kappa shape index (κ3) is 4.67. The number of benzene rings is 2. The Morgan fingerprint density at radius 2 is 1.94 bits per heavy atom. The van der Waals surface area contributed by atoms with E-state index in [0.717, 1.165) is 16.8 Å². The largest absolute Gasteiger partial charge is 0.462 e. The molecule has 0 bridgehead atoms. The van der Waals surface area contributed by atoms with Crippen LogP contribution in [0.25, 0.3) is 17.1 Å². The third-order valence-corrected chi connectivity index (χ3v) is 5.02. The molecule has 168 valence electrons. The maximum absolute atomic E-state index is 12.9. The molecule has 0 fully saturated rings. The Morgan fingerprint density at radius 1 is 1.12 bits per heavy atom. The predicted molar refractivity (Wildman–Crippen MR) is 121 cm³/mol. The number of aromatic nitrogens is 4. The Kier molecular flexibility index (Phi) is 6.03. The summed E-state index contributed by atoms with van der Waals surface area (Å²) in [6, 6.07) is 12.4. The van der Waals surface area contributed by atoms with E-state index in [-0.39, 0.29) is 12.5 Å². The number of aryl methyl sites for hydroxylation is 3. The molecule has 0 aliphatic carbocycles. The zero-order chi connectivity index (χ0) is 23.5. The lowest BCUT2D eigenvalue weighted by Gasteiger charge is -2.08. The van der Waals surface area contributed by atoms with E-state index in [1.807, 2.05) is 25.1 Å². The maximum atomic E-state index is 12.9. The fourth-order valence-electron chi connectivity index (χ4n) is 3.35. The molecule has 2 aromatic heterocycles. The number of amides is 1. The minimum Gasteiger partial charge on any atom is -0.462 e. The molecule has 0 aliphatic rings. The van der Waals surface area contributed by atoms with E-state index in [4.69, 9.17) is 9.26 Å². The van der Waals surface area contributed by atoms with Crippen molar-refractivity contribution in [3.05, 3.63) is 76.9 Å². The highest BCUT2D eigenvalue weighted by atomic mass is 16.5. The molecule has 9 heteroatoms. The van der Waals surface area contributed by atoms with Crippen molar-refractivity contribution in [2.45, 2.75) is 27.7 Å². The summed E-state index contributed by atoms with van der Waals surface area (Å²) in [4.78, 5) is 29.2.